The van der Waals surface area contributed by atoms with Crippen LogP contribution in [-0.4, -0.2) is 228 Å². The molecule has 1 aromatic heterocycles. The summed E-state index contributed by atoms with van der Waals surface area (Å²) in [6, 6.07) is 3.26. The Morgan fingerprint density at radius 2 is 1.14 bits per heavy atom. The number of hydrogen-bond donors (Lipinski definition) is 10. The molecule has 0 saturated carbocycles. The molecule has 0 bridgehead atoms. The molecule has 4 amide bonds. The third-order valence-corrected chi connectivity index (χ3v) is 12.5. The normalized spacial score (nSPS) is 15.6. The van der Waals surface area contributed by atoms with Gasteiger partial charge in [0.15, 0.2) is 0 Å². The van der Waals surface area contributed by atoms with Crippen LogP contribution in [0.25, 0.3) is 0 Å². The molecule has 1 fully saturated rings. The van der Waals surface area contributed by atoms with Gasteiger partial charge in [0.1, 0.15) is 23.7 Å². The number of benzene rings is 1. The van der Waals surface area contributed by atoms with Crippen LogP contribution in [0, 0.1) is 36.9 Å². The quantitative estimate of drug-likeness (QED) is 0.0460. The molecule has 0 aliphatic carbocycles. The third kappa shape index (κ3) is 28.3. The van der Waals surface area contributed by atoms with E-state index in [9.17, 15) is 73.8 Å². The van der Waals surface area contributed by atoms with Crippen molar-refractivity contribution in [1.82, 2.24) is 50.5 Å². The first-order chi connectivity index (χ1) is 36.1. The predicted octanol–water partition coefficient (Wildman–Crippen LogP) is 1.22. The molecule has 1 radical (unpaired) electrons. The number of aryl methyl sites for hydroxylation is 1. The number of nitrogens with zero attached hydrogens (tertiary/aromatic N) is 8. The summed E-state index contributed by atoms with van der Waals surface area (Å²) < 4.78 is 0. The van der Waals surface area contributed by atoms with Crippen LogP contribution < -0.4 is 20.9 Å². The first-order valence-electron chi connectivity index (χ1n) is 25.4. The van der Waals surface area contributed by atoms with E-state index in [4.69, 9.17) is 10.1 Å². The van der Waals surface area contributed by atoms with Gasteiger partial charge in [0.05, 0.1) is 19.6 Å². The zero-order valence-corrected chi connectivity index (χ0v) is 45.2. The molecule has 437 valence electrons. The van der Waals surface area contributed by atoms with Gasteiger partial charge < -0.3 is 61.5 Å². The number of carbonyl (C=O) groups is 9. The van der Waals surface area contributed by atoms with Crippen LogP contribution in [0.4, 0.5) is 15.5 Å². The summed E-state index contributed by atoms with van der Waals surface area (Å²) >= 11 is 0. The standard InChI is InChI=1S/C49H75N11O16.Lu/c1-56(2)47-54-38(12-7-5-3-4-6-8-13-40(61)50-20-10-9-11-36(45(70)71)51-48(74)52-37(46(72)73)18-19-41(62)63)53-39(55-47)28-34-16-14-33(15-17-34)27-35-29-58(31-43(66)67)23-25-59(49(75)76)24-21-57(30-42(64)65)22-26-60(35)32-44(68)69;/h14-17,35-37H,3-13,18-32H2,1-2H3,(H,50,61)(H,62,63)(H,64,65)(H,66,67)(H,68,69)(H,70,71)(H,72,73)(H,75,76)(H2,51,52,74);/t35?,36-,37-;/m0./s1. The Kier molecular flexibility index (Phi) is 31.5. The molecule has 28 heteroatoms. The first kappa shape index (κ1) is 67.1. The van der Waals surface area contributed by atoms with Crippen molar-refractivity contribution in [3.8, 4) is 0 Å². The van der Waals surface area contributed by atoms with E-state index in [1.54, 1.807) is 19.6 Å². The molecule has 1 aliphatic rings. The van der Waals surface area contributed by atoms with Gasteiger partial charge in [0.25, 0.3) is 0 Å². The zero-order chi connectivity index (χ0) is 56.2. The largest absolute Gasteiger partial charge is 0.481 e. The Hall–Kier alpha value is -6.03. The molecule has 3 rings (SSSR count). The van der Waals surface area contributed by atoms with Crippen LogP contribution in [0.3, 0.4) is 0 Å². The molecule has 10 N–H and O–H groups in total. The fraction of sp³-hybridized carbons (Fsp3) is 0.633. The molecular formula is C49H75LuN11O16. The number of carbonyl (C=O) groups excluding carboxylic acids is 2. The number of nitrogens with one attached hydrogen (secondary N) is 3. The van der Waals surface area contributed by atoms with Crippen LogP contribution in [0.1, 0.15) is 99.8 Å². The van der Waals surface area contributed by atoms with E-state index in [0.717, 1.165) is 48.1 Å². The smallest absolute Gasteiger partial charge is 0.407 e. The molecule has 1 aromatic carbocycles. The fourth-order valence-corrected chi connectivity index (χ4v) is 8.46. The summed E-state index contributed by atoms with van der Waals surface area (Å²) in [6.45, 7) is -0.366. The number of carboxylic acid groups (broad SMARTS) is 7. The van der Waals surface area contributed by atoms with Crippen molar-refractivity contribution < 1.29 is 116 Å². The van der Waals surface area contributed by atoms with Crippen molar-refractivity contribution in [3.63, 3.8) is 0 Å². The number of aromatic nitrogens is 3. The Bertz CT molecular complexity index is 2250. The van der Waals surface area contributed by atoms with E-state index in [1.165, 1.54) is 0 Å². The number of anilines is 1. The van der Waals surface area contributed by atoms with Crippen LogP contribution in [0.5, 0.6) is 0 Å². The second-order valence-electron chi connectivity index (χ2n) is 18.9. The van der Waals surface area contributed by atoms with Crippen molar-refractivity contribution >= 4 is 59.8 Å². The van der Waals surface area contributed by atoms with Crippen molar-refractivity contribution in [2.75, 3.05) is 91.0 Å². The Balaban J connectivity index is 0.0000203. The van der Waals surface area contributed by atoms with Crippen LogP contribution in [0.2, 0.25) is 0 Å². The average molecular weight is 1250 g/mol. The van der Waals surface area contributed by atoms with Gasteiger partial charge in [-0.1, -0.05) is 49.9 Å². The summed E-state index contributed by atoms with van der Waals surface area (Å²) in [5.41, 5.74) is 1.74. The minimum Gasteiger partial charge on any atom is -0.481 e. The summed E-state index contributed by atoms with van der Waals surface area (Å²) in [4.78, 5) is 128. The van der Waals surface area contributed by atoms with E-state index in [0.29, 0.717) is 69.1 Å². The molecule has 1 unspecified atom stereocenters. The monoisotopic (exact) mass is 1250 g/mol. The maximum atomic E-state index is 12.4. The molecule has 2 heterocycles. The Labute approximate surface area is 476 Å². The fourth-order valence-electron chi connectivity index (χ4n) is 8.46. The summed E-state index contributed by atoms with van der Waals surface area (Å²) in [6.07, 6.45) is 5.57. The topological polar surface area (TPSA) is 386 Å². The zero-order valence-electron chi connectivity index (χ0n) is 43.6. The molecule has 2 aromatic rings. The van der Waals surface area contributed by atoms with Crippen LogP contribution >= 0.6 is 0 Å². The second-order valence-corrected chi connectivity index (χ2v) is 18.9. The molecule has 3 atom stereocenters. The SMILES string of the molecule is CN(C)c1nc(CCCCCCCCC(=O)NCCCC[C@H](NC(=O)N[C@@H](CCC(=O)O)C(=O)O)C(=O)O)nc(Cc2ccc(CC3CN(CC(=O)O)CCN(C(=O)O)CCN(CC(=O)O)CCN3CC(=O)O)cc2)n1.[Lu]. The number of rotatable bonds is 32. The number of carboxylic acids is 6. The summed E-state index contributed by atoms with van der Waals surface area (Å²) in [7, 11) is 3.69. The molecule has 1 aliphatic heterocycles. The van der Waals surface area contributed by atoms with E-state index in [2.05, 4.69) is 25.9 Å². The maximum absolute atomic E-state index is 12.4. The Morgan fingerprint density at radius 3 is 1.73 bits per heavy atom. The van der Waals surface area contributed by atoms with Crippen molar-refractivity contribution in [1.29, 1.82) is 0 Å². The number of unbranched alkanes of at least 4 members (excludes halogenated alkanes) is 6. The first-order valence-corrected chi connectivity index (χ1v) is 25.4. The van der Waals surface area contributed by atoms with Gasteiger partial charge in [0.2, 0.25) is 11.9 Å². The van der Waals surface area contributed by atoms with Crippen LogP contribution in [-0.2, 0) is 52.8 Å². The summed E-state index contributed by atoms with van der Waals surface area (Å²) in [5.74, 6) is -5.75. The van der Waals surface area contributed by atoms with Crippen molar-refractivity contribution in [3.05, 3.63) is 47.0 Å². The van der Waals surface area contributed by atoms with Crippen molar-refractivity contribution in [2.45, 2.75) is 114 Å². The van der Waals surface area contributed by atoms with Gasteiger partial charge in [0, 0.05) is 135 Å². The number of amides is 4. The summed E-state index contributed by atoms with van der Waals surface area (Å²) in [5, 5.41) is 73.6. The van der Waals surface area contributed by atoms with Gasteiger partial charge in [-0.2, -0.15) is 9.97 Å². The van der Waals surface area contributed by atoms with Gasteiger partial charge in [-0.3, -0.25) is 38.7 Å². The average Bonchev–Trinajstić information content (AvgIpc) is 3.33. The van der Waals surface area contributed by atoms with Gasteiger partial charge in [-0.05, 0) is 56.1 Å². The maximum Gasteiger partial charge on any atom is 0.407 e. The van der Waals surface area contributed by atoms with E-state index in [-0.39, 0.29) is 115 Å². The minimum atomic E-state index is -1.50. The molecule has 27 nitrogen and oxygen atoms in total. The molecular weight excluding hydrogens is 1170 g/mol. The molecule has 0 spiro atoms. The minimum absolute atomic E-state index is 0. The third-order valence-electron chi connectivity index (χ3n) is 12.5. The number of hydrogen-bond acceptors (Lipinski definition) is 16. The second kappa shape index (κ2) is 36.1. The number of aliphatic carboxylic acids is 6. The van der Waals surface area contributed by atoms with Gasteiger partial charge in [-0.25, -0.2) is 24.2 Å². The molecule has 1 saturated heterocycles. The van der Waals surface area contributed by atoms with Crippen molar-refractivity contribution in [2.24, 2.45) is 0 Å². The Morgan fingerprint density at radius 1 is 0.597 bits per heavy atom. The van der Waals surface area contributed by atoms with E-state index >= 15 is 0 Å². The van der Waals surface area contributed by atoms with E-state index < -0.39 is 79.0 Å². The predicted molar refractivity (Wildman–Crippen MR) is 272 cm³/mol. The van der Waals surface area contributed by atoms with Gasteiger partial charge >= 0.3 is 47.9 Å². The number of urea groups is 1. The molecule has 77 heavy (non-hydrogen) atoms. The van der Waals surface area contributed by atoms with Gasteiger partial charge in [-0.15, -0.1) is 0 Å². The van der Waals surface area contributed by atoms with E-state index in [1.807, 2.05) is 38.4 Å². The van der Waals surface area contributed by atoms with Crippen LogP contribution in [0.15, 0.2) is 24.3 Å².